The van der Waals surface area contributed by atoms with Crippen LogP contribution in [0.15, 0.2) is 61.1 Å². The van der Waals surface area contributed by atoms with E-state index in [1.165, 1.54) is 4.90 Å². The number of nitrogens with zero attached hydrogens (tertiary/aromatic N) is 2. The fourth-order valence-corrected chi connectivity index (χ4v) is 1.87. The third-order valence-corrected chi connectivity index (χ3v) is 3.04. The Kier molecular flexibility index (Phi) is 6.14. The van der Waals surface area contributed by atoms with E-state index in [2.05, 4.69) is 10.3 Å². The van der Waals surface area contributed by atoms with Crippen molar-refractivity contribution >= 4 is 12.1 Å². The van der Waals surface area contributed by atoms with Gasteiger partial charge >= 0.3 is 6.03 Å². The maximum atomic E-state index is 12.2. The standard InChI is InChI=1S/C17H19N3O2/c21-13-12-20(11-8-15-4-2-1-3-5-15)17(22)19-14-16-6-9-18-10-7-16/h1-11,21H,12-14H2,(H,19,22). The number of aliphatic hydroxyl groups is 1. The minimum atomic E-state index is -0.252. The zero-order chi connectivity index (χ0) is 15.6. The molecule has 2 N–H and O–H groups in total. The fourth-order valence-electron chi connectivity index (χ4n) is 1.87. The smallest absolute Gasteiger partial charge is 0.321 e. The van der Waals surface area contributed by atoms with Gasteiger partial charge in [0, 0.05) is 25.1 Å². The highest BCUT2D eigenvalue weighted by Gasteiger charge is 2.09. The molecule has 5 heteroatoms. The molecule has 2 aromatic rings. The molecule has 0 atom stereocenters. The molecule has 0 fully saturated rings. The quantitative estimate of drug-likeness (QED) is 0.859. The largest absolute Gasteiger partial charge is 0.395 e. The second-order valence-electron chi connectivity index (χ2n) is 4.66. The molecule has 1 heterocycles. The number of nitrogens with one attached hydrogen (secondary N) is 1. The van der Waals surface area contributed by atoms with Crippen molar-refractivity contribution in [2.24, 2.45) is 0 Å². The first-order chi connectivity index (χ1) is 10.8. The van der Waals surface area contributed by atoms with E-state index in [4.69, 9.17) is 5.11 Å². The van der Waals surface area contributed by atoms with Crippen LogP contribution >= 0.6 is 0 Å². The number of rotatable bonds is 6. The first kappa shape index (κ1) is 15.7. The lowest BCUT2D eigenvalue weighted by molar-refractivity contribution is 0.198. The fraction of sp³-hybridized carbons (Fsp3) is 0.176. The van der Waals surface area contributed by atoms with Gasteiger partial charge in [-0.2, -0.15) is 0 Å². The van der Waals surface area contributed by atoms with E-state index < -0.39 is 0 Å². The number of benzene rings is 1. The van der Waals surface area contributed by atoms with Crippen LogP contribution in [-0.2, 0) is 6.54 Å². The van der Waals surface area contributed by atoms with Gasteiger partial charge in [0.15, 0.2) is 0 Å². The van der Waals surface area contributed by atoms with Crippen LogP contribution in [-0.4, -0.2) is 34.2 Å². The highest BCUT2D eigenvalue weighted by Crippen LogP contribution is 2.03. The van der Waals surface area contributed by atoms with E-state index in [-0.39, 0.29) is 19.2 Å². The minimum Gasteiger partial charge on any atom is -0.395 e. The number of aromatic nitrogens is 1. The molecule has 0 bridgehead atoms. The van der Waals surface area contributed by atoms with Gasteiger partial charge in [0.25, 0.3) is 0 Å². The van der Waals surface area contributed by atoms with Crippen LogP contribution in [0, 0.1) is 0 Å². The van der Waals surface area contributed by atoms with E-state index in [0.717, 1.165) is 11.1 Å². The molecule has 114 valence electrons. The molecule has 0 spiro atoms. The summed E-state index contributed by atoms with van der Waals surface area (Å²) in [7, 11) is 0. The maximum Gasteiger partial charge on any atom is 0.321 e. The summed E-state index contributed by atoms with van der Waals surface area (Å²) in [5, 5.41) is 11.9. The summed E-state index contributed by atoms with van der Waals surface area (Å²) >= 11 is 0. The van der Waals surface area contributed by atoms with Gasteiger partial charge in [-0.3, -0.25) is 9.88 Å². The molecule has 0 radical (unpaired) electrons. The summed E-state index contributed by atoms with van der Waals surface area (Å²) < 4.78 is 0. The number of amides is 2. The SMILES string of the molecule is O=C(NCc1ccncc1)N(C=Cc1ccccc1)CCO. The zero-order valence-electron chi connectivity index (χ0n) is 12.2. The third-order valence-electron chi connectivity index (χ3n) is 3.04. The highest BCUT2D eigenvalue weighted by molar-refractivity contribution is 5.76. The number of carbonyl (C=O) groups excluding carboxylic acids is 1. The molecule has 2 rings (SSSR count). The van der Waals surface area contributed by atoms with Crippen LogP contribution < -0.4 is 5.32 Å². The Bertz CT molecular complexity index is 600. The average Bonchev–Trinajstić information content (AvgIpc) is 2.58. The van der Waals surface area contributed by atoms with Gasteiger partial charge in [-0.05, 0) is 29.3 Å². The molecular weight excluding hydrogens is 278 g/mol. The van der Waals surface area contributed by atoms with Gasteiger partial charge in [-0.1, -0.05) is 30.3 Å². The Morgan fingerprint density at radius 2 is 1.91 bits per heavy atom. The normalized spacial score (nSPS) is 10.6. The number of hydrogen-bond donors (Lipinski definition) is 2. The Morgan fingerprint density at radius 3 is 2.59 bits per heavy atom. The topological polar surface area (TPSA) is 65.5 Å². The summed E-state index contributed by atoms with van der Waals surface area (Å²) in [5.74, 6) is 0. The van der Waals surface area contributed by atoms with Gasteiger partial charge in [0.1, 0.15) is 0 Å². The van der Waals surface area contributed by atoms with Crippen molar-refractivity contribution in [3.05, 3.63) is 72.2 Å². The Morgan fingerprint density at radius 1 is 1.18 bits per heavy atom. The van der Waals surface area contributed by atoms with E-state index in [1.54, 1.807) is 18.6 Å². The van der Waals surface area contributed by atoms with Crippen LogP contribution in [0.1, 0.15) is 11.1 Å². The van der Waals surface area contributed by atoms with Crippen LogP contribution in [0.2, 0.25) is 0 Å². The molecule has 22 heavy (non-hydrogen) atoms. The van der Waals surface area contributed by atoms with E-state index in [9.17, 15) is 4.79 Å². The highest BCUT2D eigenvalue weighted by atomic mass is 16.3. The van der Waals surface area contributed by atoms with Crippen molar-refractivity contribution in [2.75, 3.05) is 13.2 Å². The van der Waals surface area contributed by atoms with Crippen molar-refractivity contribution < 1.29 is 9.90 Å². The van der Waals surface area contributed by atoms with Crippen molar-refractivity contribution in [1.82, 2.24) is 15.2 Å². The predicted octanol–water partition coefficient (Wildman–Crippen LogP) is 2.26. The average molecular weight is 297 g/mol. The van der Waals surface area contributed by atoms with Gasteiger partial charge < -0.3 is 10.4 Å². The summed E-state index contributed by atoms with van der Waals surface area (Å²) in [6, 6.07) is 13.1. The Hall–Kier alpha value is -2.66. The summed E-state index contributed by atoms with van der Waals surface area (Å²) in [6.07, 6.45) is 6.87. The van der Waals surface area contributed by atoms with Gasteiger partial charge in [0.05, 0.1) is 13.2 Å². The second-order valence-corrected chi connectivity index (χ2v) is 4.66. The maximum absolute atomic E-state index is 12.2. The van der Waals surface area contributed by atoms with Crippen LogP contribution in [0.5, 0.6) is 0 Å². The van der Waals surface area contributed by atoms with Gasteiger partial charge in [-0.15, -0.1) is 0 Å². The molecule has 5 nitrogen and oxygen atoms in total. The molecule has 0 unspecified atom stereocenters. The molecule has 0 saturated carbocycles. The third kappa shape index (κ3) is 5.03. The minimum absolute atomic E-state index is 0.0954. The van der Waals surface area contributed by atoms with Crippen LogP contribution in [0.25, 0.3) is 6.08 Å². The lowest BCUT2D eigenvalue weighted by atomic mass is 10.2. The number of hydrogen-bond acceptors (Lipinski definition) is 3. The predicted molar refractivity (Wildman–Crippen MR) is 85.7 cm³/mol. The van der Waals surface area contributed by atoms with Crippen molar-refractivity contribution in [3.63, 3.8) is 0 Å². The summed E-state index contributed by atoms with van der Waals surface area (Å²) in [5.41, 5.74) is 1.96. The second kappa shape index (κ2) is 8.59. The van der Waals surface area contributed by atoms with Gasteiger partial charge in [0.2, 0.25) is 0 Å². The molecule has 1 aromatic heterocycles. The Balaban J connectivity index is 1.94. The van der Waals surface area contributed by atoms with Crippen molar-refractivity contribution in [2.45, 2.75) is 6.54 Å². The number of carbonyl (C=O) groups is 1. The zero-order valence-corrected chi connectivity index (χ0v) is 12.2. The van der Waals surface area contributed by atoms with Crippen LogP contribution in [0.4, 0.5) is 4.79 Å². The van der Waals surface area contributed by atoms with E-state index in [0.29, 0.717) is 6.54 Å². The lowest BCUT2D eigenvalue weighted by Gasteiger charge is -2.18. The molecule has 0 saturated heterocycles. The van der Waals surface area contributed by atoms with Gasteiger partial charge in [-0.25, -0.2) is 4.79 Å². The molecule has 2 amide bonds. The summed E-state index contributed by atoms with van der Waals surface area (Å²) in [6.45, 7) is 0.565. The lowest BCUT2D eigenvalue weighted by Crippen LogP contribution is -2.37. The van der Waals surface area contributed by atoms with Crippen molar-refractivity contribution in [1.29, 1.82) is 0 Å². The first-order valence-electron chi connectivity index (χ1n) is 7.07. The first-order valence-corrected chi connectivity index (χ1v) is 7.07. The summed E-state index contributed by atoms with van der Waals surface area (Å²) in [4.78, 5) is 17.5. The number of pyridine rings is 1. The molecule has 0 aliphatic heterocycles. The van der Waals surface area contributed by atoms with Crippen molar-refractivity contribution in [3.8, 4) is 0 Å². The van der Waals surface area contributed by atoms with E-state index >= 15 is 0 Å². The molecule has 0 aliphatic carbocycles. The number of urea groups is 1. The molecular formula is C17H19N3O2. The van der Waals surface area contributed by atoms with Crippen LogP contribution in [0.3, 0.4) is 0 Å². The number of aliphatic hydroxyl groups excluding tert-OH is 1. The molecule has 1 aromatic carbocycles. The van der Waals surface area contributed by atoms with E-state index in [1.807, 2.05) is 48.5 Å². The monoisotopic (exact) mass is 297 g/mol. The Labute approximate surface area is 129 Å². The molecule has 0 aliphatic rings.